The molecule has 1 heterocycles. The lowest BCUT2D eigenvalue weighted by molar-refractivity contribution is 0.210. The molecule has 1 unspecified atom stereocenters. The highest BCUT2D eigenvalue weighted by Crippen LogP contribution is 2.31. The van der Waals surface area contributed by atoms with Crippen LogP contribution < -0.4 is 14.8 Å². The maximum Gasteiger partial charge on any atom is 0.136 e. The summed E-state index contributed by atoms with van der Waals surface area (Å²) in [5.41, 5.74) is 2.25. The van der Waals surface area contributed by atoms with Crippen LogP contribution in [0.2, 0.25) is 5.02 Å². The first-order chi connectivity index (χ1) is 9.76. The molecule has 0 saturated heterocycles. The third kappa shape index (κ3) is 2.74. The van der Waals surface area contributed by atoms with Gasteiger partial charge in [0.25, 0.3) is 0 Å². The molecule has 104 valence electrons. The first kappa shape index (κ1) is 13.3. The molecular weight excluding hydrogens is 274 g/mol. The van der Waals surface area contributed by atoms with E-state index >= 15 is 0 Å². The lowest BCUT2D eigenvalue weighted by atomic mass is 10.1. The van der Waals surface area contributed by atoms with Gasteiger partial charge < -0.3 is 14.8 Å². The van der Waals surface area contributed by atoms with Crippen molar-refractivity contribution in [1.82, 2.24) is 5.32 Å². The molecule has 0 amide bonds. The van der Waals surface area contributed by atoms with Crippen LogP contribution >= 0.6 is 11.6 Å². The number of methoxy groups -OCH3 is 1. The number of hydrogen-bond donors (Lipinski definition) is 1. The van der Waals surface area contributed by atoms with Crippen LogP contribution in [0.15, 0.2) is 42.5 Å². The molecule has 1 aliphatic rings. The standard InChI is InChI=1S/C16H16ClNO2/c1-19-14-7-4-12-9-18-10-16(20-15(12)8-14)11-2-5-13(17)6-3-11/h2-8,16,18H,9-10H2,1H3. The molecule has 20 heavy (non-hydrogen) atoms. The molecule has 0 saturated carbocycles. The van der Waals surface area contributed by atoms with Gasteiger partial charge in [-0.3, -0.25) is 0 Å². The van der Waals surface area contributed by atoms with Gasteiger partial charge in [0.15, 0.2) is 0 Å². The average molecular weight is 290 g/mol. The van der Waals surface area contributed by atoms with E-state index in [0.29, 0.717) is 0 Å². The first-order valence-corrected chi connectivity index (χ1v) is 6.94. The molecule has 0 aliphatic carbocycles. The van der Waals surface area contributed by atoms with E-state index in [0.717, 1.165) is 40.7 Å². The fourth-order valence-corrected chi connectivity index (χ4v) is 2.44. The molecule has 3 nitrogen and oxygen atoms in total. The summed E-state index contributed by atoms with van der Waals surface area (Å²) in [5, 5.41) is 4.14. The Hall–Kier alpha value is -1.71. The first-order valence-electron chi connectivity index (χ1n) is 6.56. The van der Waals surface area contributed by atoms with Gasteiger partial charge in [-0.15, -0.1) is 0 Å². The Labute approximate surface area is 123 Å². The number of halogens is 1. The highest BCUT2D eigenvalue weighted by atomic mass is 35.5. The van der Waals surface area contributed by atoms with Crippen molar-refractivity contribution in [2.45, 2.75) is 12.6 Å². The molecule has 0 spiro atoms. The number of rotatable bonds is 2. The SMILES string of the molecule is COc1ccc2c(c1)OC(c1ccc(Cl)cc1)CNC2. The van der Waals surface area contributed by atoms with Gasteiger partial charge in [-0.1, -0.05) is 29.8 Å². The van der Waals surface area contributed by atoms with Crippen LogP contribution in [0, 0.1) is 0 Å². The third-order valence-electron chi connectivity index (χ3n) is 3.43. The smallest absolute Gasteiger partial charge is 0.136 e. The lowest BCUT2D eigenvalue weighted by Crippen LogP contribution is -2.21. The van der Waals surface area contributed by atoms with Crippen LogP contribution in [0.5, 0.6) is 11.5 Å². The number of hydrogen-bond acceptors (Lipinski definition) is 3. The Kier molecular flexibility index (Phi) is 3.81. The van der Waals surface area contributed by atoms with Gasteiger partial charge in [-0.25, -0.2) is 0 Å². The largest absolute Gasteiger partial charge is 0.497 e. The Morgan fingerprint density at radius 1 is 1.20 bits per heavy atom. The van der Waals surface area contributed by atoms with Crippen LogP contribution in [0.25, 0.3) is 0 Å². The van der Waals surface area contributed by atoms with E-state index in [1.54, 1.807) is 7.11 Å². The highest BCUT2D eigenvalue weighted by molar-refractivity contribution is 6.30. The lowest BCUT2D eigenvalue weighted by Gasteiger charge is -2.18. The molecule has 2 aromatic rings. The summed E-state index contributed by atoms with van der Waals surface area (Å²) >= 11 is 5.93. The van der Waals surface area contributed by atoms with E-state index in [9.17, 15) is 0 Å². The zero-order chi connectivity index (χ0) is 13.9. The molecule has 2 aromatic carbocycles. The highest BCUT2D eigenvalue weighted by Gasteiger charge is 2.19. The van der Waals surface area contributed by atoms with Gasteiger partial charge >= 0.3 is 0 Å². The van der Waals surface area contributed by atoms with Crippen molar-refractivity contribution in [3.8, 4) is 11.5 Å². The predicted octanol–water partition coefficient (Wildman–Crippen LogP) is 3.57. The molecule has 0 radical (unpaired) electrons. The predicted molar refractivity (Wildman–Crippen MR) is 79.5 cm³/mol. The second-order valence-corrected chi connectivity index (χ2v) is 5.20. The van der Waals surface area contributed by atoms with Crippen LogP contribution in [0.1, 0.15) is 17.2 Å². The molecule has 4 heteroatoms. The summed E-state index contributed by atoms with van der Waals surface area (Å²) in [6.07, 6.45) is -0.0272. The van der Waals surface area contributed by atoms with Crippen molar-refractivity contribution in [2.24, 2.45) is 0 Å². The monoisotopic (exact) mass is 289 g/mol. The summed E-state index contributed by atoms with van der Waals surface area (Å²) in [6, 6.07) is 13.7. The van der Waals surface area contributed by atoms with E-state index in [1.165, 1.54) is 0 Å². The Bertz CT molecular complexity index is 598. The number of fused-ring (bicyclic) bond motifs is 1. The van der Waals surface area contributed by atoms with Crippen molar-refractivity contribution in [3.05, 3.63) is 58.6 Å². The van der Waals surface area contributed by atoms with E-state index < -0.39 is 0 Å². The summed E-state index contributed by atoms with van der Waals surface area (Å²) in [5.74, 6) is 1.68. The molecule has 1 aliphatic heterocycles. The van der Waals surface area contributed by atoms with Crippen molar-refractivity contribution in [2.75, 3.05) is 13.7 Å². The van der Waals surface area contributed by atoms with Gasteiger partial charge in [0.2, 0.25) is 0 Å². The number of ether oxygens (including phenoxy) is 2. The fourth-order valence-electron chi connectivity index (χ4n) is 2.31. The van der Waals surface area contributed by atoms with E-state index in [-0.39, 0.29) is 6.10 Å². The maximum absolute atomic E-state index is 6.14. The topological polar surface area (TPSA) is 30.5 Å². The summed E-state index contributed by atoms with van der Waals surface area (Å²) < 4.78 is 11.4. The van der Waals surface area contributed by atoms with Gasteiger partial charge in [-0.05, 0) is 23.8 Å². The molecule has 0 fully saturated rings. The molecule has 3 rings (SSSR count). The zero-order valence-electron chi connectivity index (χ0n) is 11.2. The van der Waals surface area contributed by atoms with Crippen LogP contribution in [-0.2, 0) is 6.54 Å². The Balaban J connectivity index is 1.90. The summed E-state index contributed by atoms with van der Waals surface area (Å²) in [6.45, 7) is 1.56. The molecular formula is C16H16ClNO2. The number of benzene rings is 2. The minimum absolute atomic E-state index is 0.0272. The van der Waals surface area contributed by atoms with Gasteiger partial charge in [0.05, 0.1) is 7.11 Å². The Morgan fingerprint density at radius 3 is 2.75 bits per heavy atom. The Morgan fingerprint density at radius 2 is 2.00 bits per heavy atom. The zero-order valence-corrected chi connectivity index (χ0v) is 12.0. The fraction of sp³-hybridized carbons (Fsp3) is 0.250. The second kappa shape index (κ2) is 5.73. The van der Waals surface area contributed by atoms with Gasteiger partial charge in [0, 0.05) is 29.7 Å². The normalized spacial score (nSPS) is 17.8. The third-order valence-corrected chi connectivity index (χ3v) is 3.68. The van der Waals surface area contributed by atoms with Crippen LogP contribution in [0.3, 0.4) is 0 Å². The summed E-state index contributed by atoms with van der Waals surface area (Å²) in [7, 11) is 1.66. The van der Waals surface area contributed by atoms with Crippen molar-refractivity contribution < 1.29 is 9.47 Å². The van der Waals surface area contributed by atoms with Crippen LogP contribution in [-0.4, -0.2) is 13.7 Å². The minimum atomic E-state index is -0.0272. The maximum atomic E-state index is 6.14. The van der Waals surface area contributed by atoms with Crippen molar-refractivity contribution in [3.63, 3.8) is 0 Å². The molecule has 1 atom stereocenters. The number of nitrogens with one attached hydrogen (secondary N) is 1. The van der Waals surface area contributed by atoms with Crippen molar-refractivity contribution in [1.29, 1.82) is 0 Å². The molecule has 0 bridgehead atoms. The van der Waals surface area contributed by atoms with E-state index in [1.807, 2.05) is 42.5 Å². The van der Waals surface area contributed by atoms with Crippen molar-refractivity contribution >= 4 is 11.6 Å². The quantitative estimate of drug-likeness (QED) is 0.917. The second-order valence-electron chi connectivity index (χ2n) is 4.76. The van der Waals surface area contributed by atoms with Crippen LogP contribution in [0.4, 0.5) is 0 Å². The van der Waals surface area contributed by atoms with Gasteiger partial charge in [0.1, 0.15) is 17.6 Å². The average Bonchev–Trinajstić information content (AvgIpc) is 2.69. The molecule has 1 N–H and O–H groups in total. The van der Waals surface area contributed by atoms with E-state index in [4.69, 9.17) is 21.1 Å². The van der Waals surface area contributed by atoms with Gasteiger partial charge in [-0.2, -0.15) is 0 Å². The minimum Gasteiger partial charge on any atom is -0.497 e. The van der Waals surface area contributed by atoms with E-state index in [2.05, 4.69) is 5.32 Å². The molecule has 0 aromatic heterocycles. The summed E-state index contributed by atoms with van der Waals surface area (Å²) in [4.78, 5) is 0.